The maximum absolute atomic E-state index is 3.27. The Morgan fingerprint density at radius 2 is 1.43 bits per heavy atom. The summed E-state index contributed by atoms with van der Waals surface area (Å²) < 4.78 is 0. The molecule has 2 aromatic carbocycles. The molecule has 1 heteroatoms. The van der Waals surface area contributed by atoms with Crippen LogP contribution in [0.1, 0.15) is 23.5 Å². The van der Waals surface area contributed by atoms with Gasteiger partial charge in [-0.05, 0) is 29.7 Å². The van der Waals surface area contributed by atoms with E-state index in [-0.39, 0.29) is 0 Å². The van der Waals surface area contributed by atoms with Crippen molar-refractivity contribution in [2.45, 2.75) is 12.3 Å². The first kappa shape index (κ1) is 13.4. The number of dihydropyridines is 1. The molecule has 3 rings (SSSR count). The van der Waals surface area contributed by atoms with Crippen LogP contribution in [0.25, 0.3) is 0 Å². The molecule has 1 N–H and O–H groups in total. The smallest absolute Gasteiger partial charge is 0.0339 e. The first-order valence-corrected chi connectivity index (χ1v) is 7.33. The summed E-state index contributed by atoms with van der Waals surface area (Å²) in [6.45, 7) is 0. The highest BCUT2D eigenvalue weighted by molar-refractivity contribution is 5.34. The van der Waals surface area contributed by atoms with Gasteiger partial charge in [0.2, 0.25) is 0 Å². The van der Waals surface area contributed by atoms with Gasteiger partial charge in [-0.15, -0.1) is 0 Å². The first-order chi connectivity index (χ1) is 10.4. The van der Waals surface area contributed by atoms with E-state index in [1.807, 2.05) is 12.3 Å². The molecule has 1 heterocycles. The molecule has 0 atom stereocenters. The Labute approximate surface area is 126 Å². The molecule has 0 saturated heterocycles. The van der Waals surface area contributed by atoms with Crippen molar-refractivity contribution in [1.29, 1.82) is 0 Å². The Bertz CT molecular complexity index is 611. The molecule has 1 nitrogen and oxygen atoms in total. The minimum Gasteiger partial charge on any atom is -0.362 e. The zero-order valence-corrected chi connectivity index (χ0v) is 11.9. The second kappa shape index (κ2) is 6.76. The van der Waals surface area contributed by atoms with Crippen LogP contribution < -0.4 is 5.32 Å². The van der Waals surface area contributed by atoms with Crippen molar-refractivity contribution < 1.29 is 0 Å². The van der Waals surface area contributed by atoms with E-state index in [9.17, 15) is 0 Å². The second-order valence-electron chi connectivity index (χ2n) is 5.13. The summed E-state index contributed by atoms with van der Waals surface area (Å²) in [5, 5.41) is 3.27. The van der Waals surface area contributed by atoms with E-state index in [2.05, 4.69) is 84.2 Å². The van der Waals surface area contributed by atoms with Gasteiger partial charge in [-0.3, -0.25) is 0 Å². The van der Waals surface area contributed by atoms with E-state index in [1.54, 1.807) is 0 Å². The summed E-state index contributed by atoms with van der Waals surface area (Å²) in [4.78, 5) is 0. The van der Waals surface area contributed by atoms with Gasteiger partial charge < -0.3 is 5.32 Å². The quantitative estimate of drug-likeness (QED) is 0.846. The third kappa shape index (κ3) is 3.51. The Balaban J connectivity index is 1.86. The van der Waals surface area contributed by atoms with Crippen LogP contribution in [-0.2, 0) is 0 Å². The average Bonchev–Trinajstić information content (AvgIpc) is 2.58. The average molecular weight is 273 g/mol. The van der Waals surface area contributed by atoms with Crippen LogP contribution in [0.2, 0.25) is 0 Å². The summed E-state index contributed by atoms with van der Waals surface area (Å²) >= 11 is 0. The molecule has 0 amide bonds. The molecule has 0 aromatic heterocycles. The van der Waals surface area contributed by atoms with Gasteiger partial charge in [-0.2, -0.15) is 0 Å². The Morgan fingerprint density at radius 1 is 0.810 bits per heavy atom. The highest BCUT2D eigenvalue weighted by Gasteiger charge is 2.12. The highest BCUT2D eigenvalue weighted by Crippen LogP contribution is 2.28. The molecule has 0 saturated carbocycles. The molecule has 0 unspecified atom stereocenters. The van der Waals surface area contributed by atoms with Gasteiger partial charge in [0.05, 0.1) is 0 Å². The monoisotopic (exact) mass is 273 g/mol. The zero-order chi connectivity index (χ0) is 14.3. The Hall–Kier alpha value is -2.54. The molecule has 21 heavy (non-hydrogen) atoms. The van der Waals surface area contributed by atoms with E-state index >= 15 is 0 Å². The van der Waals surface area contributed by atoms with Crippen LogP contribution in [-0.4, -0.2) is 0 Å². The second-order valence-corrected chi connectivity index (χ2v) is 5.13. The summed E-state index contributed by atoms with van der Waals surface area (Å²) in [5.74, 6) is 0.390. The summed E-state index contributed by atoms with van der Waals surface area (Å²) in [5.41, 5.74) is 3.88. The van der Waals surface area contributed by atoms with Crippen molar-refractivity contribution in [2.24, 2.45) is 0 Å². The summed E-state index contributed by atoms with van der Waals surface area (Å²) in [7, 11) is 0. The number of hydrogen-bond donors (Lipinski definition) is 1. The van der Waals surface area contributed by atoms with Crippen LogP contribution in [0.5, 0.6) is 0 Å². The molecule has 0 bridgehead atoms. The van der Waals surface area contributed by atoms with Gasteiger partial charge in [-0.1, -0.05) is 72.8 Å². The summed E-state index contributed by atoms with van der Waals surface area (Å²) in [6, 6.07) is 21.4. The molecule has 0 radical (unpaired) electrons. The topological polar surface area (TPSA) is 12.0 Å². The lowest BCUT2D eigenvalue weighted by Crippen LogP contribution is -2.06. The first-order valence-electron chi connectivity index (χ1n) is 7.33. The van der Waals surface area contributed by atoms with E-state index in [1.165, 1.54) is 11.1 Å². The molecule has 1 aliphatic heterocycles. The molecule has 0 fully saturated rings. The SMILES string of the molecule is C1=CNC(=CCC(c2ccccc2)c2ccccc2)C=C1. The lowest BCUT2D eigenvalue weighted by Gasteiger charge is -2.17. The van der Waals surface area contributed by atoms with Gasteiger partial charge in [0.15, 0.2) is 0 Å². The Kier molecular flexibility index (Phi) is 4.33. The normalized spacial score (nSPS) is 15.4. The van der Waals surface area contributed by atoms with E-state index in [0.717, 1.165) is 12.1 Å². The predicted octanol–water partition coefficient (Wildman–Crippen LogP) is 4.77. The molecule has 0 aliphatic carbocycles. The third-order valence-corrected chi connectivity index (χ3v) is 3.71. The van der Waals surface area contributed by atoms with Gasteiger partial charge in [0.1, 0.15) is 0 Å². The van der Waals surface area contributed by atoms with Gasteiger partial charge in [0, 0.05) is 17.8 Å². The van der Waals surface area contributed by atoms with Gasteiger partial charge >= 0.3 is 0 Å². The summed E-state index contributed by atoms with van der Waals surface area (Å²) in [6.07, 6.45) is 11.4. The fraction of sp³-hybridized carbons (Fsp3) is 0.100. The van der Waals surface area contributed by atoms with E-state index in [4.69, 9.17) is 0 Å². The minimum absolute atomic E-state index is 0.390. The van der Waals surface area contributed by atoms with Crippen LogP contribution in [0.4, 0.5) is 0 Å². The lowest BCUT2D eigenvalue weighted by atomic mass is 9.88. The number of hydrogen-bond acceptors (Lipinski definition) is 1. The van der Waals surface area contributed by atoms with Crippen molar-refractivity contribution >= 4 is 0 Å². The van der Waals surface area contributed by atoms with Crippen LogP contribution in [0.3, 0.4) is 0 Å². The standard InChI is InChI=1S/C20H19N/c1-3-9-17(10-4-1)20(18-11-5-2-6-12-18)15-14-19-13-7-8-16-21-19/h1-14,16,20-21H,15H2. The Morgan fingerprint density at radius 3 is 1.95 bits per heavy atom. The van der Waals surface area contributed by atoms with Crippen LogP contribution >= 0.6 is 0 Å². The van der Waals surface area contributed by atoms with Crippen molar-refractivity contribution in [1.82, 2.24) is 5.32 Å². The molecule has 1 aliphatic rings. The van der Waals surface area contributed by atoms with E-state index in [0.29, 0.717) is 5.92 Å². The third-order valence-electron chi connectivity index (χ3n) is 3.71. The number of rotatable bonds is 4. The molecule has 0 spiro atoms. The van der Waals surface area contributed by atoms with E-state index < -0.39 is 0 Å². The molecule has 104 valence electrons. The van der Waals surface area contributed by atoms with Crippen LogP contribution in [0, 0.1) is 0 Å². The van der Waals surface area contributed by atoms with Crippen molar-refractivity contribution in [3.05, 3.63) is 108 Å². The van der Waals surface area contributed by atoms with Crippen LogP contribution in [0.15, 0.2) is 96.9 Å². The maximum atomic E-state index is 3.27. The molecular weight excluding hydrogens is 254 g/mol. The van der Waals surface area contributed by atoms with Crippen molar-refractivity contribution in [3.63, 3.8) is 0 Å². The predicted molar refractivity (Wildman–Crippen MR) is 88.8 cm³/mol. The highest BCUT2D eigenvalue weighted by atomic mass is 14.8. The fourth-order valence-electron chi connectivity index (χ4n) is 2.61. The number of benzene rings is 2. The maximum Gasteiger partial charge on any atom is 0.0339 e. The minimum atomic E-state index is 0.390. The van der Waals surface area contributed by atoms with Gasteiger partial charge in [-0.25, -0.2) is 0 Å². The van der Waals surface area contributed by atoms with Crippen molar-refractivity contribution in [3.8, 4) is 0 Å². The fourth-order valence-corrected chi connectivity index (χ4v) is 2.61. The largest absolute Gasteiger partial charge is 0.362 e. The number of nitrogens with one attached hydrogen (secondary N) is 1. The zero-order valence-electron chi connectivity index (χ0n) is 11.9. The van der Waals surface area contributed by atoms with Crippen molar-refractivity contribution in [2.75, 3.05) is 0 Å². The molecule has 2 aromatic rings. The number of allylic oxidation sites excluding steroid dienone is 4. The van der Waals surface area contributed by atoms with Gasteiger partial charge in [0.25, 0.3) is 0 Å². The molecular formula is C20H19N. The lowest BCUT2D eigenvalue weighted by molar-refractivity contribution is 0.820.